The van der Waals surface area contributed by atoms with Gasteiger partial charge in [0.1, 0.15) is 11.4 Å². The second-order valence-electron chi connectivity index (χ2n) is 7.50. The van der Waals surface area contributed by atoms with Gasteiger partial charge in [-0.25, -0.2) is 9.59 Å². The summed E-state index contributed by atoms with van der Waals surface area (Å²) in [4.78, 5) is 49.9. The summed E-state index contributed by atoms with van der Waals surface area (Å²) in [6.07, 6.45) is -1.24. The molecule has 158 valence electrons. The number of amides is 1. The van der Waals surface area contributed by atoms with Crippen LogP contribution in [-0.2, 0) is 4.74 Å². The summed E-state index contributed by atoms with van der Waals surface area (Å²) in [5.74, 6) is -0.805. The van der Waals surface area contributed by atoms with Crippen LogP contribution in [-0.4, -0.2) is 48.9 Å². The average molecular weight is 413 g/mol. The van der Waals surface area contributed by atoms with Crippen molar-refractivity contribution in [2.24, 2.45) is 0 Å². The Morgan fingerprint density at radius 2 is 1.53 bits per heavy atom. The van der Waals surface area contributed by atoms with Crippen molar-refractivity contribution in [1.29, 1.82) is 0 Å². The van der Waals surface area contributed by atoms with Gasteiger partial charge in [-0.15, -0.1) is 0 Å². The highest BCUT2D eigenvalue weighted by Crippen LogP contribution is 2.29. The Kier molecular flexibility index (Phi) is 6.94. The molecule has 0 unspecified atom stereocenters. The molecule has 1 amide bonds. The Hall–Kier alpha value is -3.68. The van der Waals surface area contributed by atoms with Crippen LogP contribution in [0.3, 0.4) is 0 Å². The minimum atomic E-state index is -0.969. The zero-order valence-electron chi connectivity index (χ0n) is 17.4. The van der Waals surface area contributed by atoms with Crippen LogP contribution in [0.1, 0.15) is 47.1 Å². The molecule has 2 rings (SSSR count). The smallest absolute Gasteiger partial charge is 0.428 e. The molecule has 0 saturated heterocycles. The summed E-state index contributed by atoms with van der Waals surface area (Å²) < 4.78 is 15.6. The van der Waals surface area contributed by atoms with Crippen molar-refractivity contribution in [3.05, 3.63) is 59.2 Å². The standard InChI is InChI=1S/C22H23NO7/c1-22(2,3)30-21(27)28-17-12-7-6-10-15(17)18(25)16-11-8-9-14(13-24)19(16)29-20(26)23(4)5/h6-13H,1-5H3. The number of ketones is 1. The van der Waals surface area contributed by atoms with E-state index in [1.807, 2.05) is 0 Å². The number of para-hydroxylation sites is 2. The molecule has 0 saturated carbocycles. The average Bonchev–Trinajstić information content (AvgIpc) is 2.66. The molecule has 8 nitrogen and oxygen atoms in total. The van der Waals surface area contributed by atoms with E-state index in [1.54, 1.807) is 32.9 Å². The maximum atomic E-state index is 13.2. The van der Waals surface area contributed by atoms with Crippen LogP contribution >= 0.6 is 0 Å². The first-order valence-electron chi connectivity index (χ1n) is 9.05. The van der Waals surface area contributed by atoms with Crippen LogP contribution in [0.25, 0.3) is 0 Å². The minimum absolute atomic E-state index is 0.0293. The van der Waals surface area contributed by atoms with Gasteiger partial charge in [-0.3, -0.25) is 9.59 Å². The van der Waals surface area contributed by atoms with Crippen LogP contribution in [0.2, 0.25) is 0 Å². The van der Waals surface area contributed by atoms with Gasteiger partial charge in [0.15, 0.2) is 12.0 Å². The van der Waals surface area contributed by atoms with Crippen LogP contribution in [0, 0.1) is 0 Å². The lowest BCUT2D eigenvalue weighted by Gasteiger charge is -2.19. The van der Waals surface area contributed by atoms with Crippen LogP contribution in [0.15, 0.2) is 42.5 Å². The van der Waals surface area contributed by atoms with Crippen molar-refractivity contribution in [2.75, 3.05) is 14.1 Å². The van der Waals surface area contributed by atoms with E-state index in [4.69, 9.17) is 14.2 Å². The molecule has 0 atom stereocenters. The fourth-order valence-corrected chi connectivity index (χ4v) is 2.37. The van der Waals surface area contributed by atoms with E-state index in [1.165, 1.54) is 44.4 Å². The Bertz CT molecular complexity index is 974. The van der Waals surface area contributed by atoms with Crippen LogP contribution in [0.5, 0.6) is 11.5 Å². The number of rotatable bonds is 5. The van der Waals surface area contributed by atoms with Gasteiger partial charge in [0, 0.05) is 14.1 Å². The van der Waals surface area contributed by atoms with Gasteiger partial charge in [0.05, 0.1) is 16.7 Å². The van der Waals surface area contributed by atoms with Crippen molar-refractivity contribution in [3.63, 3.8) is 0 Å². The normalized spacial score (nSPS) is 10.7. The second kappa shape index (κ2) is 9.21. The Balaban J connectivity index is 2.46. The summed E-state index contributed by atoms with van der Waals surface area (Å²) in [5, 5.41) is 0. The van der Waals surface area contributed by atoms with Gasteiger partial charge >= 0.3 is 12.2 Å². The Morgan fingerprint density at radius 1 is 0.900 bits per heavy atom. The lowest BCUT2D eigenvalue weighted by molar-refractivity contribution is 0.0205. The lowest BCUT2D eigenvalue weighted by atomic mass is 9.99. The zero-order chi connectivity index (χ0) is 22.5. The highest BCUT2D eigenvalue weighted by atomic mass is 16.7. The van der Waals surface area contributed by atoms with E-state index in [9.17, 15) is 19.2 Å². The first-order chi connectivity index (χ1) is 14.0. The number of hydrogen-bond acceptors (Lipinski definition) is 7. The summed E-state index contributed by atoms with van der Waals surface area (Å²) in [6, 6.07) is 10.4. The van der Waals surface area contributed by atoms with E-state index in [0.717, 1.165) is 4.90 Å². The van der Waals surface area contributed by atoms with Crippen molar-refractivity contribution in [1.82, 2.24) is 4.90 Å². The van der Waals surface area contributed by atoms with Crippen molar-refractivity contribution in [3.8, 4) is 11.5 Å². The summed E-state index contributed by atoms with van der Waals surface area (Å²) >= 11 is 0. The molecule has 8 heteroatoms. The topological polar surface area (TPSA) is 99.2 Å². The van der Waals surface area contributed by atoms with Crippen molar-refractivity contribution < 1.29 is 33.4 Å². The molecule has 0 N–H and O–H groups in total. The molecule has 0 aliphatic heterocycles. The number of benzene rings is 2. The molecule has 0 aromatic heterocycles. The number of carbonyl (C=O) groups excluding carboxylic acids is 4. The molecule has 2 aromatic carbocycles. The molecule has 2 aromatic rings. The quantitative estimate of drug-likeness (QED) is 0.315. The first-order valence-corrected chi connectivity index (χ1v) is 9.05. The third kappa shape index (κ3) is 5.66. The van der Waals surface area contributed by atoms with Crippen LogP contribution < -0.4 is 9.47 Å². The SMILES string of the molecule is CN(C)C(=O)Oc1c(C=O)cccc1C(=O)c1ccccc1OC(=O)OC(C)(C)C. The third-order valence-corrected chi connectivity index (χ3v) is 3.69. The van der Waals surface area contributed by atoms with Gasteiger partial charge in [0.2, 0.25) is 5.78 Å². The van der Waals surface area contributed by atoms with Gasteiger partial charge < -0.3 is 19.1 Å². The van der Waals surface area contributed by atoms with Gasteiger partial charge in [-0.05, 0) is 45.0 Å². The molecular formula is C22H23NO7. The molecule has 0 heterocycles. The highest BCUT2D eigenvalue weighted by Gasteiger charge is 2.25. The fraction of sp³-hybridized carbons (Fsp3) is 0.273. The van der Waals surface area contributed by atoms with Crippen LogP contribution in [0.4, 0.5) is 9.59 Å². The van der Waals surface area contributed by atoms with E-state index in [2.05, 4.69) is 0 Å². The van der Waals surface area contributed by atoms with E-state index in [-0.39, 0.29) is 28.2 Å². The number of carbonyl (C=O) groups is 4. The van der Waals surface area contributed by atoms with E-state index in [0.29, 0.717) is 6.29 Å². The Labute approximate surface area is 174 Å². The van der Waals surface area contributed by atoms with E-state index >= 15 is 0 Å². The molecule has 0 spiro atoms. The maximum Gasteiger partial charge on any atom is 0.514 e. The van der Waals surface area contributed by atoms with Gasteiger partial charge in [-0.1, -0.05) is 18.2 Å². The van der Waals surface area contributed by atoms with Gasteiger partial charge in [-0.2, -0.15) is 0 Å². The third-order valence-electron chi connectivity index (χ3n) is 3.69. The predicted molar refractivity (Wildman–Crippen MR) is 108 cm³/mol. The molecule has 30 heavy (non-hydrogen) atoms. The number of nitrogens with zero attached hydrogens (tertiary/aromatic N) is 1. The lowest BCUT2D eigenvalue weighted by Crippen LogP contribution is -2.27. The molecule has 0 fully saturated rings. The highest BCUT2D eigenvalue weighted by molar-refractivity contribution is 6.13. The summed E-state index contributed by atoms with van der Waals surface area (Å²) in [7, 11) is 2.94. The fourth-order valence-electron chi connectivity index (χ4n) is 2.37. The van der Waals surface area contributed by atoms with Crippen molar-refractivity contribution >= 4 is 24.3 Å². The summed E-state index contributed by atoms with van der Waals surface area (Å²) in [6.45, 7) is 5.05. The first kappa shape index (κ1) is 22.6. The summed E-state index contributed by atoms with van der Waals surface area (Å²) in [5.41, 5.74) is -0.743. The molecule has 0 bridgehead atoms. The number of ether oxygens (including phenoxy) is 3. The zero-order valence-corrected chi connectivity index (χ0v) is 17.4. The maximum absolute atomic E-state index is 13.2. The largest absolute Gasteiger partial charge is 0.514 e. The Morgan fingerprint density at radius 3 is 2.13 bits per heavy atom. The number of hydrogen-bond donors (Lipinski definition) is 0. The second-order valence-corrected chi connectivity index (χ2v) is 7.50. The monoisotopic (exact) mass is 413 g/mol. The molecular weight excluding hydrogens is 390 g/mol. The molecule has 0 radical (unpaired) electrons. The van der Waals surface area contributed by atoms with Gasteiger partial charge in [0.25, 0.3) is 0 Å². The van der Waals surface area contributed by atoms with E-state index < -0.39 is 23.6 Å². The van der Waals surface area contributed by atoms with Crippen molar-refractivity contribution in [2.45, 2.75) is 26.4 Å². The number of aldehydes is 1. The molecule has 0 aliphatic carbocycles. The molecule has 0 aliphatic rings. The predicted octanol–water partition coefficient (Wildman–Crippen LogP) is 4.10. The minimum Gasteiger partial charge on any atom is -0.428 e.